The zero-order valence-electron chi connectivity index (χ0n) is 12.8. The highest BCUT2D eigenvalue weighted by molar-refractivity contribution is 7.89. The first kappa shape index (κ1) is 16.2. The maximum absolute atomic E-state index is 11.4. The van der Waals surface area contributed by atoms with Crippen molar-refractivity contribution >= 4 is 32.8 Å². The van der Waals surface area contributed by atoms with Crippen LogP contribution in [0.5, 0.6) is 0 Å². The van der Waals surface area contributed by atoms with E-state index >= 15 is 0 Å². The van der Waals surface area contributed by atoms with Crippen molar-refractivity contribution in [1.82, 2.24) is 0 Å². The molecule has 0 saturated carbocycles. The van der Waals surface area contributed by atoms with Crippen molar-refractivity contribution in [3.63, 3.8) is 0 Å². The van der Waals surface area contributed by atoms with Gasteiger partial charge >= 0.3 is 0 Å². The van der Waals surface area contributed by atoms with Crippen LogP contribution in [0.4, 0.5) is 0 Å². The van der Waals surface area contributed by atoms with E-state index in [1.165, 1.54) is 11.1 Å². The number of benzene rings is 2. The highest BCUT2D eigenvalue weighted by atomic mass is 35.5. The van der Waals surface area contributed by atoms with Crippen LogP contribution in [0.2, 0.25) is 5.02 Å². The maximum atomic E-state index is 11.4. The lowest BCUT2D eigenvalue weighted by Crippen LogP contribution is -2.11. The predicted octanol–water partition coefficient (Wildman–Crippen LogP) is 4.39. The summed E-state index contributed by atoms with van der Waals surface area (Å²) in [6.45, 7) is 1.99. The van der Waals surface area contributed by atoms with Gasteiger partial charge in [-0.1, -0.05) is 35.9 Å². The Kier molecular flexibility index (Phi) is 4.32. The van der Waals surface area contributed by atoms with Gasteiger partial charge in [0, 0.05) is 5.02 Å². The van der Waals surface area contributed by atoms with Gasteiger partial charge in [-0.2, -0.15) is 0 Å². The van der Waals surface area contributed by atoms with Crippen molar-refractivity contribution in [2.45, 2.75) is 31.1 Å². The van der Waals surface area contributed by atoms with E-state index in [2.05, 4.69) is 6.07 Å². The molecule has 0 bridgehead atoms. The molecule has 3 rings (SSSR count). The van der Waals surface area contributed by atoms with Crippen LogP contribution in [0.25, 0.3) is 11.1 Å². The van der Waals surface area contributed by atoms with Gasteiger partial charge in [0.25, 0.3) is 0 Å². The number of allylic oxidation sites excluding steroid dienone is 2. The minimum atomic E-state index is -3.65. The van der Waals surface area contributed by atoms with E-state index in [1.807, 2.05) is 31.2 Å². The summed E-state index contributed by atoms with van der Waals surface area (Å²) in [5, 5.41) is 5.92. The Labute approximate surface area is 141 Å². The normalized spacial score (nSPS) is 15.3. The molecule has 0 saturated heterocycles. The van der Waals surface area contributed by atoms with Gasteiger partial charge < -0.3 is 0 Å². The molecule has 0 unspecified atom stereocenters. The van der Waals surface area contributed by atoms with E-state index < -0.39 is 10.0 Å². The summed E-state index contributed by atoms with van der Waals surface area (Å²) in [5.41, 5.74) is 5.79. The second-order valence-corrected chi connectivity index (χ2v) is 7.81. The summed E-state index contributed by atoms with van der Waals surface area (Å²) >= 11 is 6.25. The molecule has 2 aromatic rings. The summed E-state index contributed by atoms with van der Waals surface area (Å²) in [4.78, 5) is 0.139. The Hall–Kier alpha value is -1.62. The molecule has 0 aromatic heterocycles. The van der Waals surface area contributed by atoms with Crippen LogP contribution in [0.1, 0.15) is 36.0 Å². The van der Waals surface area contributed by atoms with Crippen molar-refractivity contribution in [3.05, 3.63) is 64.2 Å². The molecule has 120 valence electrons. The van der Waals surface area contributed by atoms with E-state index in [0.717, 1.165) is 41.0 Å². The average molecular weight is 348 g/mol. The van der Waals surface area contributed by atoms with Gasteiger partial charge in [0.1, 0.15) is 0 Å². The number of hydrogen-bond donors (Lipinski definition) is 1. The van der Waals surface area contributed by atoms with Gasteiger partial charge in [-0.05, 0) is 72.2 Å². The molecule has 5 heteroatoms. The lowest BCUT2D eigenvalue weighted by molar-refractivity contribution is 0.598. The fraction of sp³-hybridized carbons (Fsp3) is 0.222. The second kappa shape index (κ2) is 6.11. The fourth-order valence-corrected chi connectivity index (χ4v) is 3.70. The summed E-state index contributed by atoms with van der Waals surface area (Å²) < 4.78 is 22.7. The van der Waals surface area contributed by atoms with Crippen LogP contribution in [0.3, 0.4) is 0 Å². The van der Waals surface area contributed by atoms with Gasteiger partial charge in [0.2, 0.25) is 10.0 Å². The summed E-state index contributed by atoms with van der Waals surface area (Å²) in [6, 6.07) is 12.9. The van der Waals surface area contributed by atoms with E-state index in [9.17, 15) is 8.42 Å². The highest BCUT2D eigenvalue weighted by Gasteiger charge is 2.18. The first-order chi connectivity index (χ1) is 10.9. The van der Waals surface area contributed by atoms with E-state index in [4.69, 9.17) is 16.7 Å². The Morgan fingerprint density at radius 3 is 2.09 bits per heavy atom. The first-order valence-electron chi connectivity index (χ1n) is 7.48. The molecule has 2 aromatic carbocycles. The molecule has 0 atom stereocenters. The Balaban J connectivity index is 2.04. The molecule has 1 aliphatic carbocycles. The SMILES string of the molecule is Cc1ccc(C2=C(c3ccc(S(N)(=O)=O)cc3)CCC2)cc1Cl. The van der Waals surface area contributed by atoms with Gasteiger partial charge in [0.05, 0.1) is 4.90 Å². The molecule has 0 aliphatic heterocycles. The number of halogens is 1. The number of sulfonamides is 1. The van der Waals surface area contributed by atoms with Gasteiger partial charge in [-0.25, -0.2) is 13.6 Å². The van der Waals surface area contributed by atoms with Gasteiger partial charge in [-0.3, -0.25) is 0 Å². The molecule has 0 fully saturated rings. The van der Waals surface area contributed by atoms with Gasteiger partial charge in [0.15, 0.2) is 0 Å². The minimum absolute atomic E-state index is 0.139. The summed E-state index contributed by atoms with van der Waals surface area (Å²) in [6.07, 6.45) is 3.08. The van der Waals surface area contributed by atoms with Crippen molar-refractivity contribution in [2.75, 3.05) is 0 Å². The topological polar surface area (TPSA) is 60.2 Å². The largest absolute Gasteiger partial charge is 0.238 e. The zero-order valence-corrected chi connectivity index (χ0v) is 14.4. The maximum Gasteiger partial charge on any atom is 0.238 e. The molecule has 1 aliphatic rings. The third kappa shape index (κ3) is 3.34. The molecule has 0 spiro atoms. The molecule has 3 nitrogen and oxygen atoms in total. The number of primary sulfonamides is 1. The Bertz CT molecular complexity index is 884. The molecular weight excluding hydrogens is 330 g/mol. The number of rotatable bonds is 3. The van der Waals surface area contributed by atoms with Gasteiger partial charge in [-0.15, -0.1) is 0 Å². The molecule has 0 amide bonds. The first-order valence-corrected chi connectivity index (χ1v) is 9.40. The molecule has 0 heterocycles. The Morgan fingerprint density at radius 2 is 1.52 bits per heavy atom. The quantitative estimate of drug-likeness (QED) is 0.895. The number of aryl methyl sites for hydroxylation is 1. The predicted molar refractivity (Wildman–Crippen MR) is 94.7 cm³/mol. The van der Waals surface area contributed by atoms with E-state index in [0.29, 0.717) is 0 Å². The standard InChI is InChI=1S/C18H18ClNO2S/c1-12-5-6-14(11-18(12)19)17-4-2-3-16(17)13-7-9-15(10-8-13)23(20,21)22/h5-11H,2-4H2,1H3,(H2,20,21,22). The number of hydrogen-bond acceptors (Lipinski definition) is 2. The van der Waals surface area contributed by atoms with Crippen LogP contribution < -0.4 is 5.14 Å². The van der Waals surface area contributed by atoms with Crippen LogP contribution in [-0.2, 0) is 10.0 Å². The minimum Gasteiger partial charge on any atom is -0.225 e. The molecule has 2 N–H and O–H groups in total. The van der Waals surface area contributed by atoms with Crippen LogP contribution in [-0.4, -0.2) is 8.42 Å². The highest BCUT2D eigenvalue weighted by Crippen LogP contribution is 2.40. The van der Waals surface area contributed by atoms with E-state index in [-0.39, 0.29) is 4.90 Å². The third-order valence-corrected chi connectivity index (χ3v) is 5.61. The third-order valence-electron chi connectivity index (χ3n) is 4.27. The van der Waals surface area contributed by atoms with E-state index in [1.54, 1.807) is 12.1 Å². The lowest BCUT2D eigenvalue weighted by Gasteiger charge is -2.10. The molecular formula is C18H18ClNO2S. The lowest BCUT2D eigenvalue weighted by atomic mass is 9.96. The van der Waals surface area contributed by atoms with Crippen LogP contribution >= 0.6 is 11.6 Å². The second-order valence-electron chi connectivity index (χ2n) is 5.84. The smallest absolute Gasteiger partial charge is 0.225 e. The average Bonchev–Trinajstić information content (AvgIpc) is 2.99. The summed E-state index contributed by atoms with van der Waals surface area (Å²) in [5.74, 6) is 0. The van der Waals surface area contributed by atoms with Crippen molar-refractivity contribution < 1.29 is 8.42 Å². The number of nitrogens with two attached hydrogens (primary N) is 1. The molecule has 23 heavy (non-hydrogen) atoms. The monoisotopic (exact) mass is 347 g/mol. The van der Waals surface area contributed by atoms with Crippen molar-refractivity contribution in [3.8, 4) is 0 Å². The van der Waals surface area contributed by atoms with Crippen molar-refractivity contribution in [2.24, 2.45) is 5.14 Å². The van der Waals surface area contributed by atoms with Crippen molar-refractivity contribution in [1.29, 1.82) is 0 Å². The molecule has 0 radical (unpaired) electrons. The van der Waals surface area contributed by atoms with Crippen LogP contribution in [0, 0.1) is 6.92 Å². The summed E-state index contributed by atoms with van der Waals surface area (Å²) in [7, 11) is -3.65. The fourth-order valence-electron chi connectivity index (χ4n) is 3.01. The Morgan fingerprint density at radius 1 is 0.957 bits per heavy atom. The zero-order chi connectivity index (χ0) is 16.6. The van der Waals surface area contributed by atoms with Crippen LogP contribution in [0.15, 0.2) is 47.4 Å².